The molecule has 0 saturated heterocycles. The van der Waals surface area contributed by atoms with Crippen LogP contribution in [0.25, 0.3) is 0 Å². The summed E-state index contributed by atoms with van der Waals surface area (Å²) in [7, 11) is -7.90. The van der Waals surface area contributed by atoms with Crippen molar-refractivity contribution in [2.24, 2.45) is 5.92 Å². The Hall–Kier alpha value is -1.46. The fourth-order valence-corrected chi connectivity index (χ4v) is 4.17. The van der Waals surface area contributed by atoms with Crippen molar-refractivity contribution in [1.82, 2.24) is 4.72 Å². The number of hydrogen-bond donors (Lipinski definition) is 2. The van der Waals surface area contributed by atoms with E-state index >= 15 is 0 Å². The van der Waals surface area contributed by atoms with Gasteiger partial charge in [-0.25, -0.2) is 21.6 Å². The number of alkyl halides is 2. The summed E-state index contributed by atoms with van der Waals surface area (Å²) in [6.07, 6.45) is 1.36. The van der Waals surface area contributed by atoms with Gasteiger partial charge >= 0.3 is 5.76 Å². The molecule has 1 rings (SSSR count). The molecule has 26 heavy (non-hydrogen) atoms. The minimum atomic E-state index is -5.04. The van der Waals surface area contributed by atoms with E-state index in [9.17, 15) is 25.6 Å². The van der Waals surface area contributed by atoms with Gasteiger partial charge in [0.1, 0.15) is 10.6 Å². The summed E-state index contributed by atoms with van der Waals surface area (Å²) < 4.78 is 82.3. The minimum Gasteiger partial charge on any atom is -0.497 e. The Morgan fingerprint density at radius 2 is 1.69 bits per heavy atom. The van der Waals surface area contributed by atoms with Crippen molar-refractivity contribution in [1.29, 1.82) is 0 Å². The van der Waals surface area contributed by atoms with Crippen molar-refractivity contribution in [2.45, 2.75) is 50.3 Å². The molecule has 0 spiro atoms. The molecule has 0 aliphatic rings. The molecule has 1 aromatic carbocycles. The average molecular weight is 414 g/mol. The van der Waals surface area contributed by atoms with E-state index < -0.39 is 42.4 Å². The van der Waals surface area contributed by atoms with E-state index in [1.54, 1.807) is 11.6 Å². The van der Waals surface area contributed by atoms with Crippen LogP contribution in [0.5, 0.6) is 5.75 Å². The first-order chi connectivity index (χ1) is 11.9. The molecular formula is C15H24F2N2O5S2. The standard InChI is InChI=1S/C15H24F2N2O5S2/c1-10(2)5-6-11(3)18-25(20,21)14-8-7-12(24-4)9-13(14)19-26(22,23)15(16)17/h7-11,15,18-19H,5-6H2,1-4H3. The van der Waals surface area contributed by atoms with Crippen LogP contribution in [0.15, 0.2) is 23.1 Å². The summed E-state index contributed by atoms with van der Waals surface area (Å²) in [5.41, 5.74) is -0.506. The number of nitrogens with one attached hydrogen (secondary N) is 2. The highest BCUT2D eigenvalue weighted by Gasteiger charge is 2.28. The third-order valence-corrected chi connectivity index (χ3v) is 6.12. The van der Waals surface area contributed by atoms with Crippen LogP contribution in [0.1, 0.15) is 33.6 Å². The maximum absolute atomic E-state index is 12.6. The van der Waals surface area contributed by atoms with E-state index in [1.165, 1.54) is 13.2 Å². The van der Waals surface area contributed by atoms with Gasteiger partial charge in [-0.05, 0) is 37.8 Å². The maximum atomic E-state index is 12.6. The lowest BCUT2D eigenvalue weighted by Gasteiger charge is -2.18. The molecular weight excluding hydrogens is 390 g/mol. The van der Waals surface area contributed by atoms with Crippen LogP contribution in [0, 0.1) is 5.92 Å². The number of hydrogen-bond acceptors (Lipinski definition) is 5. The largest absolute Gasteiger partial charge is 0.497 e. The van der Waals surface area contributed by atoms with Gasteiger partial charge < -0.3 is 4.74 Å². The molecule has 11 heteroatoms. The molecule has 1 aromatic rings. The van der Waals surface area contributed by atoms with Gasteiger partial charge in [0.05, 0.1) is 12.8 Å². The molecule has 0 aliphatic carbocycles. The fourth-order valence-electron chi connectivity index (χ4n) is 2.12. The topological polar surface area (TPSA) is 102 Å². The number of ether oxygens (including phenoxy) is 1. The number of halogens is 2. The van der Waals surface area contributed by atoms with E-state index in [0.717, 1.165) is 18.6 Å². The van der Waals surface area contributed by atoms with Gasteiger partial charge in [0.15, 0.2) is 0 Å². The van der Waals surface area contributed by atoms with E-state index in [-0.39, 0.29) is 5.75 Å². The van der Waals surface area contributed by atoms with Crippen LogP contribution in [0.3, 0.4) is 0 Å². The highest BCUT2D eigenvalue weighted by Crippen LogP contribution is 2.28. The maximum Gasteiger partial charge on any atom is 0.355 e. The molecule has 150 valence electrons. The van der Waals surface area contributed by atoms with Crippen LogP contribution < -0.4 is 14.2 Å². The lowest BCUT2D eigenvalue weighted by Crippen LogP contribution is -2.33. The molecule has 0 heterocycles. The highest BCUT2D eigenvalue weighted by molar-refractivity contribution is 7.93. The van der Waals surface area contributed by atoms with E-state index in [4.69, 9.17) is 4.74 Å². The zero-order valence-electron chi connectivity index (χ0n) is 15.0. The fraction of sp³-hybridized carbons (Fsp3) is 0.600. The summed E-state index contributed by atoms with van der Waals surface area (Å²) in [6.45, 7) is 5.68. The van der Waals surface area contributed by atoms with Crippen LogP contribution in [0.4, 0.5) is 14.5 Å². The Morgan fingerprint density at radius 3 is 2.19 bits per heavy atom. The van der Waals surface area contributed by atoms with E-state index in [1.807, 2.05) is 13.8 Å². The van der Waals surface area contributed by atoms with E-state index in [0.29, 0.717) is 12.3 Å². The normalized spacial score (nSPS) is 13.8. The first-order valence-corrected chi connectivity index (χ1v) is 10.9. The van der Waals surface area contributed by atoms with Gasteiger partial charge in [-0.15, -0.1) is 0 Å². The van der Waals surface area contributed by atoms with Crippen molar-refractivity contribution in [3.63, 3.8) is 0 Å². The summed E-state index contributed by atoms with van der Waals surface area (Å²) >= 11 is 0. The zero-order chi connectivity index (χ0) is 20.1. The van der Waals surface area contributed by atoms with Gasteiger partial charge in [-0.2, -0.15) is 8.78 Å². The molecule has 7 nitrogen and oxygen atoms in total. The van der Waals surface area contributed by atoms with Gasteiger partial charge in [-0.3, -0.25) is 4.72 Å². The molecule has 0 bridgehead atoms. The van der Waals surface area contributed by atoms with Crippen molar-refractivity contribution in [2.75, 3.05) is 11.8 Å². The number of sulfonamides is 2. The Bertz CT molecular complexity index is 811. The second kappa shape index (κ2) is 8.96. The number of benzene rings is 1. The summed E-state index contributed by atoms with van der Waals surface area (Å²) in [4.78, 5) is -0.459. The number of anilines is 1. The van der Waals surface area contributed by atoms with Gasteiger partial charge in [-0.1, -0.05) is 13.8 Å². The van der Waals surface area contributed by atoms with Crippen molar-refractivity contribution in [3.05, 3.63) is 18.2 Å². The van der Waals surface area contributed by atoms with Gasteiger partial charge in [0.2, 0.25) is 10.0 Å². The lowest BCUT2D eigenvalue weighted by atomic mass is 10.1. The molecule has 0 fully saturated rings. The quantitative estimate of drug-likeness (QED) is 0.613. The molecule has 0 aromatic heterocycles. The van der Waals surface area contributed by atoms with Crippen molar-refractivity contribution < 1.29 is 30.4 Å². The Morgan fingerprint density at radius 1 is 1.08 bits per heavy atom. The van der Waals surface area contributed by atoms with Gasteiger partial charge in [0, 0.05) is 12.1 Å². The molecule has 1 atom stereocenters. The monoisotopic (exact) mass is 414 g/mol. The third-order valence-electron chi connectivity index (χ3n) is 3.50. The van der Waals surface area contributed by atoms with Crippen molar-refractivity contribution >= 4 is 25.7 Å². The molecule has 2 N–H and O–H groups in total. The second-order valence-electron chi connectivity index (χ2n) is 6.26. The first-order valence-electron chi connectivity index (χ1n) is 7.89. The highest BCUT2D eigenvalue weighted by atomic mass is 32.2. The van der Waals surface area contributed by atoms with Gasteiger partial charge in [0.25, 0.3) is 10.0 Å². The molecule has 0 radical (unpaired) electrons. The third kappa shape index (κ3) is 6.36. The van der Waals surface area contributed by atoms with E-state index in [2.05, 4.69) is 4.72 Å². The smallest absolute Gasteiger partial charge is 0.355 e. The Labute approximate surface area is 153 Å². The summed E-state index contributed by atoms with van der Waals surface area (Å²) in [5.74, 6) is -3.21. The Balaban J connectivity index is 3.21. The number of methoxy groups -OCH3 is 1. The molecule has 0 amide bonds. The van der Waals surface area contributed by atoms with Crippen LogP contribution >= 0.6 is 0 Å². The first kappa shape index (κ1) is 22.6. The number of rotatable bonds is 10. The van der Waals surface area contributed by atoms with Crippen molar-refractivity contribution in [3.8, 4) is 5.75 Å². The molecule has 0 aliphatic heterocycles. The predicted octanol–water partition coefficient (Wildman–Crippen LogP) is 2.76. The average Bonchev–Trinajstić information content (AvgIpc) is 2.51. The predicted molar refractivity (Wildman–Crippen MR) is 95.4 cm³/mol. The van der Waals surface area contributed by atoms with Crippen LogP contribution in [-0.2, 0) is 20.0 Å². The summed E-state index contributed by atoms with van der Waals surface area (Å²) in [6, 6.07) is 3.02. The zero-order valence-corrected chi connectivity index (χ0v) is 16.6. The summed E-state index contributed by atoms with van der Waals surface area (Å²) in [5, 5.41) is 0. The minimum absolute atomic E-state index is 0.115. The molecule has 0 saturated carbocycles. The molecule has 1 unspecified atom stereocenters. The Kier molecular flexibility index (Phi) is 7.78. The van der Waals surface area contributed by atoms with Crippen LogP contribution in [-0.4, -0.2) is 35.7 Å². The second-order valence-corrected chi connectivity index (χ2v) is 9.60. The SMILES string of the molecule is COc1ccc(S(=O)(=O)NC(C)CCC(C)C)c(NS(=O)(=O)C(F)F)c1. The lowest BCUT2D eigenvalue weighted by molar-refractivity contribution is 0.236. The van der Waals surface area contributed by atoms with Crippen LogP contribution in [0.2, 0.25) is 0 Å².